The molecule has 0 radical (unpaired) electrons. The van der Waals surface area contributed by atoms with Crippen LogP contribution in [0.2, 0.25) is 0 Å². The van der Waals surface area contributed by atoms with E-state index in [4.69, 9.17) is 0 Å². The molecule has 1 aromatic heterocycles. The number of hydrogen-bond donors (Lipinski definition) is 1. The third kappa shape index (κ3) is 5.61. The molecule has 0 atom stereocenters. The summed E-state index contributed by atoms with van der Waals surface area (Å²) in [5.74, 6) is 0. The molecule has 94 valence electrons. The second-order valence-electron chi connectivity index (χ2n) is 4.47. The fourth-order valence-corrected chi connectivity index (χ4v) is 1.76. The van der Waals surface area contributed by atoms with Crippen molar-refractivity contribution in [1.29, 1.82) is 0 Å². The maximum absolute atomic E-state index is 4.50. The number of pyridine rings is 1. The maximum atomic E-state index is 4.50. The summed E-state index contributed by atoms with van der Waals surface area (Å²) in [6.45, 7) is 11.8. The Kier molecular flexibility index (Phi) is 5.87. The molecule has 0 amide bonds. The van der Waals surface area contributed by atoms with Crippen molar-refractivity contribution in [2.75, 3.05) is 26.7 Å². The maximum Gasteiger partial charge on any atom is 0.0547 e. The van der Waals surface area contributed by atoms with Crippen molar-refractivity contribution in [3.8, 4) is 0 Å². The number of rotatable bonds is 7. The van der Waals surface area contributed by atoms with Crippen molar-refractivity contribution in [2.45, 2.75) is 20.4 Å². The van der Waals surface area contributed by atoms with Gasteiger partial charge in [0.25, 0.3) is 0 Å². The van der Waals surface area contributed by atoms with Crippen LogP contribution in [0, 0.1) is 6.92 Å². The smallest absolute Gasteiger partial charge is 0.0547 e. The Morgan fingerprint density at radius 2 is 2.24 bits per heavy atom. The number of likely N-dealkylation sites (N-methyl/N-ethyl adjacent to an activating group) is 2. The lowest BCUT2D eigenvalue weighted by Gasteiger charge is -2.18. The summed E-state index contributed by atoms with van der Waals surface area (Å²) >= 11 is 0. The first-order valence-corrected chi connectivity index (χ1v) is 6.10. The molecule has 0 spiro atoms. The Balaban J connectivity index is 2.39. The Hall–Kier alpha value is -1.19. The summed E-state index contributed by atoms with van der Waals surface area (Å²) in [5, 5.41) is 3.28. The lowest BCUT2D eigenvalue weighted by atomic mass is 10.2. The van der Waals surface area contributed by atoms with Gasteiger partial charge in [0.1, 0.15) is 0 Å². The minimum atomic E-state index is 0.868. The Morgan fingerprint density at radius 3 is 2.88 bits per heavy atom. The zero-order chi connectivity index (χ0) is 12.7. The predicted molar refractivity (Wildman–Crippen MR) is 73.0 cm³/mol. The third-order valence-electron chi connectivity index (χ3n) is 2.50. The zero-order valence-corrected chi connectivity index (χ0v) is 11.2. The number of aromatic nitrogens is 1. The van der Waals surface area contributed by atoms with Gasteiger partial charge in [0.15, 0.2) is 0 Å². The van der Waals surface area contributed by atoms with Crippen LogP contribution < -0.4 is 5.32 Å². The first-order valence-electron chi connectivity index (χ1n) is 6.10. The van der Waals surface area contributed by atoms with Gasteiger partial charge in [-0.15, -0.1) is 0 Å². The van der Waals surface area contributed by atoms with Crippen LogP contribution in [0.3, 0.4) is 0 Å². The molecular formula is C14H23N3. The van der Waals surface area contributed by atoms with Gasteiger partial charge >= 0.3 is 0 Å². The number of nitrogens with zero attached hydrogens (tertiary/aromatic N) is 2. The highest BCUT2D eigenvalue weighted by atomic mass is 15.1. The van der Waals surface area contributed by atoms with Crippen molar-refractivity contribution >= 4 is 0 Å². The lowest BCUT2D eigenvalue weighted by molar-refractivity contribution is 0.347. The Morgan fingerprint density at radius 1 is 1.47 bits per heavy atom. The van der Waals surface area contributed by atoms with Gasteiger partial charge in [-0.05, 0) is 38.2 Å². The SMILES string of the molecule is C=C(CNCC)CN(C)Cc1cccc(C)n1. The number of hydrogen-bond acceptors (Lipinski definition) is 3. The second kappa shape index (κ2) is 7.20. The van der Waals surface area contributed by atoms with Crippen LogP contribution >= 0.6 is 0 Å². The van der Waals surface area contributed by atoms with Gasteiger partial charge in [-0.3, -0.25) is 9.88 Å². The van der Waals surface area contributed by atoms with Crippen LogP contribution in [0.15, 0.2) is 30.4 Å². The molecule has 17 heavy (non-hydrogen) atoms. The molecule has 0 aliphatic rings. The molecule has 0 saturated heterocycles. The van der Waals surface area contributed by atoms with Crippen LogP contribution in [0.4, 0.5) is 0 Å². The summed E-state index contributed by atoms with van der Waals surface area (Å²) in [7, 11) is 2.10. The monoisotopic (exact) mass is 233 g/mol. The largest absolute Gasteiger partial charge is 0.313 e. The molecular weight excluding hydrogens is 210 g/mol. The molecule has 0 bridgehead atoms. The highest BCUT2D eigenvalue weighted by Crippen LogP contribution is 2.03. The first-order chi connectivity index (χ1) is 8.11. The minimum Gasteiger partial charge on any atom is -0.313 e. The second-order valence-corrected chi connectivity index (χ2v) is 4.47. The molecule has 0 aromatic carbocycles. The molecule has 0 unspecified atom stereocenters. The van der Waals surface area contributed by atoms with Gasteiger partial charge in [-0.1, -0.05) is 19.6 Å². The van der Waals surface area contributed by atoms with Gasteiger partial charge < -0.3 is 5.32 Å². The van der Waals surface area contributed by atoms with Gasteiger partial charge in [0.2, 0.25) is 0 Å². The van der Waals surface area contributed by atoms with Crippen LogP contribution in [0.5, 0.6) is 0 Å². The van der Waals surface area contributed by atoms with Crippen LogP contribution in [0.1, 0.15) is 18.3 Å². The van der Waals surface area contributed by atoms with Gasteiger partial charge in [-0.2, -0.15) is 0 Å². The lowest BCUT2D eigenvalue weighted by Crippen LogP contribution is -2.26. The standard InChI is InChI=1S/C14H23N3/c1-5-15-9-12(2)10-17(4)11-14-8-6-7-13(3)16-14/h6-8,15H,2,5,9-11H2,1,3-4H3. The van der Waals surface area contributed by atoms with E-state index in [1.54, 1.807) is 0 Å². The van der Waals surface area contributed by atoms with E-state index in [9.17, 15) is 0 Å². The van der Waals surface area contributed by atoms with Gasteiger partial charge in [0.05, 0.1) is 5.69 Å². The van der Waals surface area contributed by atoms with Crippen LogP contribution in [0.25, 0.3) is 0 Å². The number of nitrogens with one attached hydrogen (secondary N) is 1. The van der Waals surface area contributed by atoms with Crippen molar-refractivity contribution in [3.05, 3.63) is 41.7 Å². The molecule has 3 heteroatoms. The molecule has 0 saturated carbocycles. The van der Waals surface area contributed by atoms with E-state index < -0.39 is 0 Å². The summed E-state index contributed by atoms with van der Waals surface area (Å²) < 4.78 is 0. The quantitative estimate of drug-likeness (QED) is 0.730. The average molecular weight is 233 g/mol. The van der Waals surface area contributed by atoms with E-state index in [-0.39, 0.29) is 0 Å². The van der Waals surface area contributed by atoms with Gasteiger partial charge in [0, 0.05) is 25.3 Å². The van der Waals surface area contributed by atoms with E-state index in [2.05, 4.69) is 47.9 Å². The summed E-state index contributed by atoms with van der Waals surface area (Å²) in [6, 6.07) is 6.14. The molecule has 1 rings (SSSR count). The van der Waals surface area contributed by atoms with E-state index in [0.717, 1.165) is 37.6 Å². The van der Waals surface area contributed by atoms with E-state index in [1.807, 2.05) is 13.0 Å². The Labute approximate surface area is 105 Å². The van der Waals surface area contributed by atoms with Crippen LogP contribution in [-0.2, 0) is 6.54 Å². The average Bonchev–Trinajstić information content (AvgIpc) is 2.26. The zero-order valence-electron chi connectivity index (χ0n) is 11.2. The van der Waals surface area contributed by atoms with Crippen molar-refractivity contribution in [1.82, 2.24) is 15.2 Å². The topological polar surface area (TPSA) is 28.2 Å². The Bertz CT molecular complexity index is 360. The number of aryl methyl sites for hydroxylation is 1. The summed E-state index contributed by atoms with van der Waals surface area (Å²) in [5.41, 5.74) is 3.40. The van der Waals surface area contributed by atoms with E-state index >= 15 is 0 Å². The normalized spacial score (nSPS) is 10.8. The molecule has 1 N–H and O–H groups in total. The molecule has 3 nitrogen and oxygen atoms in total. The van der Waals surface area contributed by atoms with Crippen molar-refractivity contribution in [3.63, 3.8) is 0 Å². The van der Waals surface area contributed by atoms with Gasteiger partial charge in [-0.25, -0.2) is 0 Å². The van der Waals surface area contributed by atoms with Crippen molar-refractivity contribution < 1.29 is 0 Å². The first kappa shape index (κ1) is 13.9. The molecule has 1 heterocycles. The predicted octanol–water partition coefficient (Wildman–Crippen LogP) is 1.99. The highest BCUT2D eigenvalue weighted by Gasteiger charge is 2.03. The highest BCUT2D eigenvalue weighted by molar-refractivity contribution is 5.10. The fraction of sp³-hybridized carbons (Fsp3) is 0.500. The third-order valence-corrected chi connectivity index (χ3v) is 2.50. The summed E-state index contributed by atoms with van der Waals surface area (Å²) in [4.78, 5) is 6.73. The van der Waals surface area contributed by atoms with E-state index in [1.165, 1.54) is 5.57 Å². The molecule has 0 fully saturated rings. The molecule has 1 aromatic rings. The summed E-state index contributed by atoms with van der Waals surface area (Å²) in [6.07, 6.45) is 0. The minimum absolute atomic E-state index is 0.868. The molecule has 0 aliphatic heterocycles. The van der Waals surface area contributed by atoms with Crippen LogP contribution in [-0.4, -0.2) is 36.6 Å². The fourth-order valence-electron chi connectivity index (χ4n) is 1.76. The van der Waals surface area contributed by atoms with E-state index in [0.29, 0.717) is 0 Å². The molecule has 0 aliphatic carbocycles. The van der Waals surface area contributed by atoms with Crippen molar-refractivity contribution in [2.24, 2.45) is 0 Å².